The number of benzene rings is 1. The van der Waals surface area contributed by atoms with Crippen LogP contribution in [0.15, 0.2) is 29.2 Å². The predicted molar refractivity (Wildman–Crippen MR) is 86.8 cm³/mol. The third kappa shape index (κ3) is 5.10. The number of para-hydroxylation sites is 1. The molecule has 1 saturated heterocycles. The molecule has 2 rings (SSSR count). The van der Waals surface area contributed by atoms with Crippen LogP contribution in [-0.4, -0.2) is 40.2 Å². The number of likely N-dealkylation sites (tertiary alicyclic amines) is 1. The molecule has 0 bridgehead atoms. The Hall–Kier alpha value is -1.40. The summed E-state index contributed by atoms with van der Waals surface area (Å²) < 4.78 is 23.5. The maximum Gasteiger partial charge on any atom is 0.279 e. The van der Waals surface area contributed by atoms with Crippen LogP contribution < -0.4 is 10.2 Å². The number of quaternary nitrogens is 1. The molecule has 1 amide bonds. The molecule has 0 radical (unpaired) electrons. The molecule has 1 fully saturated rings. The normalized spacial score (nSPS) is 17.5. The highest BCUT2D eigenvalue weighted by Gasteiger charge is 2.18. The van der Waals surface area contributed by atoms with Gasteiger partial charge in [0.05, 0.1) is 23.7 Å². The Kier molecular flexibility index (Phi) is 5.97. The monoisotopic (exact) mass is 325 g/mol. The first-order valence-electron chi connectivity index (χ1n) is 7.89. The van der Waals surface area contributed by atoms with Crippen LogP contribution in [0.2, 0.25) is 0 Å². The van der Waals surface area contributed by atoms with Crippen LogP contribution in [0, 0.1) is 0 Å². The minimum atomic E-state index is -3.34. The van der Waals surface area contributed by atoms with E-state index in [1.54, 1.807) is 18.2 Å². The summed E-state index contributed by atoms with van der Waals surface area (Å²) in [5.41, 5.74) is 0.376. The van der Waals surface area contributed by atoms with Gasteiger partial charge in [0, 0.05) is 6.26 Å². The third-order valence-corrected chi connectivity index (χ3v) is 5.19. The van der Waals surface area contributed by atoms with Crippen molar-refractivity contribution in [2.24, 2.45) is 0 Å². The molecule has 0 unspecified atom stereocenters. The molecular weight excluding hydrogens is 300 g/mol. The van der Waals surface area contributed by atoms with Crippen molar-refractivity contribution < 1.29 is 18.1 Å². The number of nitrogens with one attached hydrogen (secondary N) is 2. The molecule has 1 heterocycles. The molecule has 0 saturated carbocycles. The van der Waals surface area contributed by atoms with Gasteiger partial charge in [-0.1, -0.05) is 18.6 Å². The molecule has 1 aliphatic heterocycles. The van der Waals surface area contributed by atoms with Gasteiger partial charge in [-0.25, -0.2) is 8.42 Å². The molecule has 0 spiro atoms. The number of amides is 1. The van der Waals surface area contributed by atoms with E-state index in [9.17, 15) is 13.2 Å². The SMILES string of the molecule is CS(=O)(=O)c1ccccc1NC(=O)C[NH+]1CCCCCCC1. The molecule has 6 heteroatoms. The summed E-state index contributed by atoms with van der Waals surface area (Å²) >= 11 is 0. The fourth-order valence-corrected chi connectivity index (χ4v) is 3.74. The largest absolute Gasteiger partial charge is 0.327 e. The molecule has 2 N–H and O–H groups in total. The summed E-state index contributed by atoms with van der Waals surface area (Å²) in [6.07, 6.45) is 7.23. The molecule has 5 nitrogen and oxygen atoms in total. The van der Waals surface area contributed by atoms with Gasteiger partial charge >= 0.3 is 0 Å². The van der Waals surface area contributed by atoms with E-state index in [1.807, 2.05) is 0 Å². The van der Waals surface area contributed by atoms with Gasteiger partial charge < -0.3 is 10.2 Å². The van der Waals surface area contributed by atoms with E-state index >= 15 is 0 Å². The lowest BCUT2D eigenvalue weighted by Gasteiger charge is -2.21. The lowest BCUT2D eigenvalue weighted by atomic mass is 10.1. The maximum absolute atomic E-state index is 12.2. The van der Waals surface area contributed by atoms with Gasteiger partial charge in [0.15, 0.2) is 16.4 Å². The highest BCUT2D eigenvalue weighted by atomic mass is 32.2. The van der Waals surface area contributed by atoms with E-state index in [4.69, 9.17) is 0 Å². The van der Waals surface area contributed by atoms with Crippen LogP contribution in [0.1, 0.15) is 32.1 Å². The Labute approximate surface area is 132 Å². The Morgan fingerprint density at radius 3 is 2.32 bits per heavy atom. The summed E-state index contributed by atoms with van der Waals surface area (Å²) in [5, 5.41) is 2.76. The summed E-state index contributed by atoms with van der Waals surface area (Å²) in [5.74, 6) is -0.119. The summed E-state index contributed by atoms with van der Waals surface area (Å²) in [6, 6.07) is 6.55. The van der Waals surface area contributed by atoms with Crippen LogP contribution >= 0.6 is 0 Å². The minimum absolute atomic E-state index is 0.119. The fraction of sp³-hybridized carbons (Fsp3) is 0.562. The number of hydrogen-bond acceptors (Lipinski definition) is 3. The molecule has 0 aliphatic carbocycles. The van der Waals surface area contributed by atoms with Crippen LogP contribution in [0.25, 0.3) is 0 Å². The number of carbonyl (C=O) groups excluding carboxylic acids is 1. The van der Waals surface area contributed by atoms with Gasteiger partial charge in [0.1, 0.15) is 0 Å². The lowest BCUT2D eigenvalue weighted by molar-refractivity contribution is -0.892. The van der Waals surface area contributed by atoms with Crippen LogP contribution in [0.4, 0.5) is 5.69 Å². The Balaban J connectivity index is 2.00. The number of sulfone groups is 1. The standard InChI is InChI=1S/C16H24N2O3S/c1-22(20,21)15-10-6-5-9-14(15)17-16(19)13-18-11-7-3-2-4-8-12-18/h5-6,9-10H,2-4,7-8,11-13H2,1H3,(H,17,19)/p+1. The topological polar surface area (TPSA) is 67.7 Å². The van der Waals surface area contributed by atoms with E-state index in [0.29, 0.717) is 12.2 Å². The van der Waals surface area contributed by atoms with Crippen molar-refractivity contribution >= 4 is 21.4 Å². The first kappa shape index (κ1) is 17.0. The molecule has 1 aliphatic rings. The molecular formula is C16H25N2O3S+. The predicted octanol–water partition coefficient (Wildman–Crippen LogP) is 0.878. The van der Waals surface area contributed by atoms with Gasteiger partial charge in [-0.05, 0) is 37.8 Å². The second-order valence-electron chi connectivity index (χ2n) is 6.01. The average molecular weight is 325 g/mol. The summed E-state index contributed by atoms with van der Waals surface area (Å²) in [7, 11) is -3.34. The van der Waals surface area contributed by atoms with Gasteiger partial charge in [-0.15, -0.1) is 0 Å². The van der Waals surface area contributed by atoms with Gasteiger partial charge in [-0.3, -0.25) is 4.79 Å². The second kappa shape index (κ2) is 7.74. The molecule has 122 valence electrons. The molecule has 1 aromatic rings. The zero-order valence-corrected chi connectivity index (χ0v) is 13.9. The van der Waals surface area contributed by atoms with Gasteiger partial charge in [0.2, 0.25) is 0 Å². The van der Waals surface area contributed by atoms with E-state index < -0.39 is 9.84 Å². The Bertz CT molecular complexity index is 606. The van der Waals surface area contributed by atoms with Crippen molar-refractivity contribution in [2.75, 3.05) is 31.2 Å². The molecule has 22 heavy (non-hydrogen) atoms. The first-order chi connectivity index (χ1) is 10.5. The van der Waals surface area contributed by atoms with Gasteiger partial charge in [0.25, 0.3) is 5.91 Å². The Morgan fingerprint density at radius 2 is 1.68 bits per heavy atom. The maximum atomic E-state index is 12.2. The summed E-state index contributed by atoms with van der Waals surface area (Å²) in [6.45, 7) is 2.43. The van der Waals surface area contributed by atoms with Crippen molar-refractivity contribution in [3.63, 3.8) is 0 Å². The highest BCUT2D eigenvalue weighted by molar-refractivity contribution is 7.90. The number of hydrogen-bond donors (Lipinski definition) is 2. The quantitative estimate of drug-likeness (QED) is 0.863. The third-order valence-electron chi connectivity index (χ3n) is 4.03. The van der Waals surface area contributed by atoms with Crippen molar-refractivity contribution in [2.45, 2.75) is 37.0 Å². The number of carbonyl (C=O) groups is 1. The van der Waals surface area contributed by atoms with Crippen molar-refractivity contribution in [3.8, 4) is 0 Å². The van der Waals surface area contributed by atoms with Gasteiger partial charge in [-0.2, -0.15) is 0 Å². The lowest BCUT2D eigenvalue weighted by Crippen LogP contribution is -3.13. The number of anilines is 1. The average Bonchev–Trinajstić information content (AvgIpc) is 2.41. The zero-order valence-electron chi connectivity index (χ0n) is 13.1. The van der Waals surface area contributed by atoms with E-state index in [2.05, 4.69) is 5.32 Å². The van der Waals surface area contributed by atoms with Crippen molar-refractivity contribution in [1.29, 1.82) is 0 Å². The molecule has 1 aromatic carbocycles. The fourth-order valence-electron chi connectivity index (χ4n) is 2.90. The Morgan fingerprint density at radius 1 is 1.09 bits per heavy atom. The van der Waals surface area contributed by atoms with Crippen LogP contribution in [0.3, 0.4) is 0 Å². The van der Waals surface area contributed by atoms with E-state index in [0.717, 1.165) is 32.2 Å². The van der Waals surface area contributed by atoms with Crippen LogP contribution in [-0.2, 0) is 14.6 Å². The second-order valence-corrected chi connectivity index (χ2v) is 8.00. The van der Waals surface area contributed by atoms with E-state index in [-0.39, 0.29) is 10.8 Å². The highest BCUT2D eigenvalue weighted by Crippen LogP contribution is 2.20. The van der Waals surface area contributed by atoms with Crippen molar-refractivity contribution in [1.82, 2.24) is 0 Å². The molecule has 0 aromatic heterocycles. The molecule has 0 atom stereocenters. The zero-order chi connectivity index (χ0) is 16.0. The first-order valence-corrected chi connectivity index (χ1v) is 9.78. The minimum Gasteiger partial charge on any atom is -0.327 e. The smallest absolute Gasteiger partial charge is 0.279 e. The number of rotatable bonds is 4. The van der Waals surface area contributed by atoms with E-state index in [1.165, 1.54) is 30.2 Å². The van der Waals surface area contributed by atoms with Crippen molar-refractivity contribution in [3.05, 3.63) is 24.3 Å². The summed E-state index contributed by atoms with van der Waals surface area (Å²) in [4.78, 5) is 13.7. The van der Waals surface area contributed by atoms with Crippen LogP contribution in [0.5, 0.6) is 0 Å².